The van der Waals surface area contributed by atoms with Gasteiger partial charge in [-0.25, -0.2) is 0 Å². The van der Waals surface area contributed by atoms with Crippen molar-refractivity contribution in [3.8, 4) is 11.1 Å². The van der Waals surface area contributed by atoms with Gasteiger partial charge in [0.15, 0.2) is 0 Å². The third-order valence-electron chi connectivity index (χ3n) is 5.09. The maximum atomic E-state index is 6.27. The molecule has 0 fully saturated rings. The number of hydrogen-bond acceptors (Lipinski definition) is 2. The van der Waals surface area contributed by atoms with Gasteiger partial charge in [-0.15, -0.1) is 0 Å². The van der Waals surface area contributed by atoms with Gasteiger partial charge in [-0.2, -0.15) is 0 Å². The van der Waals surface area contributed by atoms with Gasteiger partial charge in [0.25, 0.3) is 0 Å². The summed E-state index contributed by atoms with van der Waals surface area (Å²) in [7, 11) is 6.27. The van der Waals surface area contributed by atoms with E-state index < -0.39 is 19.7 Å². The molecule has 0 N–H and O–H groups in total. The van der Waals surface area contributed by atoms with Gasteiger partial charge >= 0.3 is 168 Å². The van der Waals surface area contributed by atoms with Crippen molar-refractivity contribution in [1.29, 1.82) is 0 Å². The van der Waals surface area contributed by atoms with Crippen molar-refractivity contribution in [3.05, 3.63) is 87.7 Å². The monoisotopic (exact) mass is 551 g/mol. The number of halogens is 3. The van der Waals surface area contributed by atoms with Crippen LogP contribution >= 0.6 is 24.8 Å². The van der Waals surface area contributed by atoms with E-state index in [4.69, 9.17) is 8.86 Å². The van der Waals surface area contributed by atoms with Crippen molar-refractivity contribution in [1.82, 2.24) is 4.98 Å². The molecule has 6 heteroatoms. The molecule has 1 aromatic heterocycles. The van der Waals surface area contributed by atoms with E-state index in [0.29, 0.717) is 3.63 Å². The molecule has 0 aliphatic heterocycles. The van der Waals surface area contributed by atoms with Crippen LogP contribution in [0.5, 0.6) is 0 Å². The summed E-state index contributed by atoms with van der Waals surface area (Å²) < 4.78 is 3.02. The second kappa shape index (κ2) is 8.47. The van der Waals surface area contributed by atoms with Crippen LogP contribution in [0.1, 0.15) is 25.9 Å². The molecule has 5 rings (SSSR count). The topological polar surface area (TPSA) is 12.9 Å². The van der Waals surface area contributed by atoms with Crippen molar-refractivity contribution in [3.63, 3.8) is 0 Å². The normalized spacial score (nSPS) is 14.9. The zero-order valence-electron chi connectivity index (χ0n) is 14.1. The fourth-order valence-electron chi connectivity index (χ4n) is 3.97. The zero-order valence-corrected chi connectivity index (χ0v) is 20.5. The van der Waals surface area contributed by atoms with Gasteiger partial charge in [-0.05, 0) is 0 Å². The van der Waals surface area contributed by atoms with Crippen molar-refractivity contribution >= 4 is 34.1 Å². The van der Waals surface area contributed by atoms with Crippen molar-refractivity contribution in [2.45, 2.75) is 10.0 Å². The summed E-state index contributed by atoms with van der Waals surface area (Å²) in [5, 5.41) is 0. The third kappa shape index (κ3) is 3.60. The van der Waals surface area contributed by atoms with E-state index in [9.17, 15) is 0 Å². The number of allylic oxidation sites excluding steroid dienone is 1. The molecule has 0 spiro atoms. The summed E-state index contributed by atoms with van der Waals surface area (Å²) >= 11 is 1.40. The number of nitrogens with zero attached hydrogens (tertiary/aromatic N) is 1. The minimum absolute atomic E-state index is 0. The second-order valence-corrected chi connectivity index (χ2v) is 14.7. The zero-order chi connectivity index (χ0) is 17.0. The van der Waals surface area contributed by atoms with Gasteiger partial charge in [0.2, 0.25) is 0 Å². The Kier molecular flexibility index (Phi) is 6.65. The summed E-state index contributed by atoms with van der Waals surface area (Å²) in [6.07, 6.45) is 9.49. The Bertz CT molecular complexity index is 1080. The predicted molar refractivity (Wildman–Crippen MR) is 106 cm³/mol. The Morgan fingerprint density at radius 1 is 1.07 bits per heavy atom. The van der Waals surface area contributed by atoms with Crippen LogP contribution in [0.4, 0.5) is 0 Å². The summed E-state index contributed by atoms with van der Waals surface area (Å²) in [5.74, 6) is 0. The van der Waals surface area contributed by atoms with Gasteiger partial charge in [-0.1, -0.05) is 0 Å². The fourth-order valence-corrected chi connectivity index (χ4v) is 12.1. The quantitative estimate of drug-likeness (QED) is 0.333. The Balaban J connectivity index is 0.00000105. The van der Waals surface area contributed by atoms with Gasteiger partial charge in [0.1, 0.15) is 0 Å². The molecule has 0 saturated heterocycles. The number of fused-ring (bicyclic) bond motifs is 4. The molecule has 1 heterocycles. The Morgan fingerprint density at radius 2 is 1.89 bits per heavy atom. The molecule has 2 aliphatic rings. The minimum atomic E-state index is -2.33. The van der Waals surface area contributed by atoms with Crippen LogP contribution < -0.4 is 28.1 Å². The molecule has 3 aromatic rings. The van der Waals surface area contributed by atoms with Gasteiger partial charge < -0.3 is 24.8 Å². The average molecular weight is 554 g/mol. The predicted octanol–water partition coefficient (Wildman–Crippen LogP) is -0.453. The average Bonchev–Trinajstić information content (AvgIpc) is 3.21. The molecular formula is C21H14BrCl2NSZr. The molecular weight excluding hydrogens is 540 g/mol. The van der Waals surface area contributed by atoms with Crippen LogP contribution in [0.2, 0.25) is 0 Å². The van der Waals surface area contributed by atoms with E-state index in [1.807, 2.05) is 12.4 Å². The first kappa shape index (κ1) is 21.2. The molecule has 0 saturated carbocycles. The van der Waals surface area contributed by atoms with Crippen LogP contribution in [0.3, 0.4) is 0 Å². The van der Waals surface area contributed by atoms with Crippen molar-refractivity contribution in [2.24, 2.45) is 0 Å². The first-order chi connectivity index (χ1) is 12.2. The molecule has 2 aliphatic carbocycles. The van der Waals surface area contributed by atoms with Crippen LogP contribution in [0, 0.1) is 0 Å². The van der Waals surface area contributed by atoms with E-state index >= 15 is 0 Å². The molecule has 1 atom stereocenters. The van der Waals surface area contributed by atoms with Gasteiger partial charge in [0.05, 0.1) is 0 Å². The van der Waals surface area contributed by atoms with Crippen LogP contribution in [0.25, 0.3) is 17.2 Å². The molecule has 0 bridgehead atoms. The molecule has 1 unspecified atom stereocenters. The molecule has 0 radical (unpaired) electrons. The molecule has 134 valence electrons. The van der Waals surface area contributed by atoms with E-state index in [1.165, 1.54) is 36.7 Å². The Hall–Kier alpha value is -0.507. The van der Waals surface area contributed by atoms with Crippen LogP contribution in [-0.4, -0.2) is 4.98 Å². The standard InChI is InChI=1S/C12H7BrN.C9H7.2ClH.S.Zr/c13-10-1-2-11-9(6-10)5-8-3-4-14-7-12(8)11;1-2-5-9-7-3-6-8(9)4-1;;;;/h1,3-4,6-7H,5H2;1-7H;2*1H;;/q;;;;;+2/p-2. The van der Waals surface area contributed by atoms with Crippen molar-refractivity contribution in [2.75, 3.05) is 0 Å². The first-order valence-corrected chi connectivity index (χ1v) is 15.2. The van der Waals surface area contributed by atoms with E-state index in [1.54, 1.807) is 0 Å². The van der Waals surface area contributed by atoms with Crippen LogP contribution in [-0.2, 0) is 26.1 Å². The van der Waals surface area contributed by atoms with E-state index in [2.05, 4.69) is 75.5 Å². The van der Waals surface area contributed by atoms with Crippen LogP contribution in [0.15, 0.2) is 65.4 Å². The summed E-state index contributed by atoms with van der Waals surface area (Å²) in [4.78, 5) is 4.37. The number of pyridine rings is 1. The summed E-state index contributed by atoms with van der Waals surface area (Å²) in [6.45, 7) is 0. The Labute approximate surface area is 190 Å². The Morgan fingerprint density at radius 3 is 2.74 bits per heavy atom. The number of rotatable bonds is 2. The molecule has 27 heavy (non-hydrogen) atoms. The number of benzene rings is 2. The third-order valence-corrected chi connectivity index (χ3v) is 13.3. The molecule has 2 aromatic carbocycles. The second-order valence-electron chi connectivity index (χ2n) is 6.53. The number of aromatic nitrogens is 1. The SMILES string of the molecule is [Cl-].[Cl-].[S]=[Zr+2]([c]1cc(Br)cc2c1-c1cnccc1C2)[CH]1C=Cc2ccccc21. The van der Waals surface area contributed by atoms with Gasteiger partial charge in [-0.3, -0.25) is 0 Å². The molecule has 0 amide bonds. The van der Waals surface area contributed by atoms with Gasteiger partial charge in [0, 0.05) is 0 Å². The van der Waals surface area contributed by atoms with Crippen molar-refractivity contribution < 1.29 is 44.5 Å². The first-order valence-electron chi connectivity index (χ1n) is 8.29. The fraction of sp³-hybridized carbons (Fsp3) is 0.0952. The van der Waals surface area contributed by atoms with E-state index in [-0.39, 0.29) is 24.8 Å². The van der Waals surface area contributed by atoms with E-state index in [0.717, 1.165) is 10.9 Å². The number of hydrogen-bond donors (Lipinski definition) is 0. The molecule has 1 nitrogen and oxygen atoms in total. The summed E-state index contributed by atoms with van der Waals surface area (Å²) in [6, 6.07) is 15.4. The summed E-state index contributed by atoms with van der Waals surface area (Å²) in [5.41, 5.74) is 8.20. The maximum absolute atomic E-state index is 6.27.